The van der Waals surface area contributed by atoms with E-state index in [4.69, 9.17) is 11.6 Å². The van der Waals surface area contributed by atoms with Crippen molar-refractivity contribution < 1.29 is 0 Å². The lowest BCUT2D eigenvalue weighted by atomic mass is 10.2. The molecule has 1 aliphatic rings. The molecule has 3 nitrogen and oxygen atoms in total. The molecular formula is C10H14ClN3. The van der Waals surface area contributed by atoms with Crippen molar-refractivity contribution in [3.05, 3.63) is 17.5 Å². The SMILES string of the molecule is CN(c1nccnc1Cl)C1CCCC1. The van der Waals surface area contributed by atoms with Crippen molar-refractivity contribution in [1.29, 1.82) is 0 Å². The van der Waals surface area contributed by atoms with Crippen molar-refractivity contribution in [1.82, 2.24) is 9.97 Å². The highest BCUT2D eigenvalue weighted by atomic mass is 35.5. The molecule has 1 aromatic heterocycles. The van der Waals surface area contributed by atoms with Crippen molar-refractivity contribution in [3.8, 4) is 0 Å². The molecule has 76 valence electrons. The molecule has 14 heavy (non-hydrogen) atoms. The molecule has 2 rings (SSSR count). The third-order valence-corrected chi connectivity index (χ3v) is 3.11. The summed E-state index contributed by atoms with van der Waals surface area (Å²) in [6, 6.07) is 0.587. The Hall–Kier alpha value is -0.830. The minimum Gasteiger partial charge on any atom is -0.354 e. The summed E-state index contributed by atoms with van der Waals surface area (Å²) in [4.78, 5) is 10.4. The van der Waals surface area contributed by atoms with Crippen LogP contribution in [0.4, 0.5) is 5.82 Å². The van der Waals surface area contributed by atoms with Crippen LogP contribution >= 0.6 is 11.6 Å². The monoisotopic (exact) mass is 211 g/mol. The van der Waals surface area contributed by atoms with Crippen LogP contribution in [0.3, 0.4) is 0 Å². The Labute approximate surface area is 89.1 Å². The van der Waals surface area contributed by atoms with Crippen molar-refractivity contribution in [3.63, 3.8) is 0 Å². The molecule has 1 aliphatic carbocycles. The average Bonchev–Trinajstić information content (AvgIpc) is 2.70. The minimum atomic E-state index is 0.502. The second-order valence-electron chi connectivity index (χ2n) is 3.72. The predicted molar refractivity (Wildman–Crippen MR) is 57.7 cm³/mol. The third kappa shape index (κ3) is 1.82. The van der Waals surface area contributed by atoms with Crippen molar-refractivity contribution >= 4 is 17.4 Å². The minimum absolute atomic E-state index is 0.502. The second kappa shape index (κ2) is 4.13. The van der Waals surface area contributed by atoms with Crippen LogP contribution < -0.4 is 4.90 Å². The maximum atomic E-state index is 5.98. The molecule has 0 unspecified atom stereocenters. The molecule has 0 saturated heterocycles. The molecule has 0 amide bonds. The smallest absolute Gasteiger partial charge is 0.171 e. The molecule has 1 fully saturated rings. The van der Waals surface area contributed by atoms with Gasteiger partial charge < -0.3 is 4.90 Å². The summed E-state index contributed by atoms with van der Waals surface area (Å²) in [5.41, 5.74) is 0. The number of halogens is 1. The standard InChI is InChI=1S/C10H14ClN3/c1-14(8-4-2-3-5-8)10-9(11)12-6-7-13-10/h6-8H,2-5H2,1H3. The lowest BCUT2D eigenvalue weighted by Crippen LogP contribution is -2.29. The molecule has 1 heterocycles. The van der Waals surface area contributed by atoms with Gasteiger partial charge in [0.05, 0.1) is 0 Å². The van der Waals surface area contributed by atoms with E-state index in [1.54, 1.807) is 12.4 Å². The summed E-state index contributed by atoms with van der Waals surface area (Å²) in [6.07, 6.45) is 8.41. The quantitative estimate of drug-likeness (QED) is 0.753. The highest BCUT2D eigenvalue weighted by Crippen LogP contribution is 2.28. The Balaban J connectivity index is 2.17. The van der Waals surface area contributed by atoms with Crippen molar-refractivity contribution in [2.75, 3.05) is 11.9 Å². The van der Waals surface area contributed by atoms with Crippen LogP contribution in [0.15, 0.2) is 12.4 Å². The lowest BCUT2D eigenvalue weighted by molar-refractivity contribution is 0.645. The first-order valence-corrected chi connectivity index (χ1v) is 5.36. The van der Waals surface area contributed by atoms with Crippen LogP contribution in [-0.4, -0.2) is 23.1 Å². The molecular weight excluding hydrogens is 198 g/mol. The van der Waals surface area contributed by atoms with Crippen molar-refractivity contribution in [2.45, 2.75) is 31.7 Å². The van der Waals surface area contributed by atoms with Gasteiger partial charge in [-0.05, 0) is 12.8 Å². The average molecular weight is 212 g/mol. The van der Waals surface area contributed by atoms with Gasteiger partial charge in [-0.25, -0.2) is 9.97 Å². The van der Waals surface area contributed by atoms with Gasteiger partial charge in [0.2, 0.25) is 0 Å². The highest BCUT2D eigenvalue weighted by molar-refractivity contribution is 6.31. The fourth-order valence-corrected chi connectivity index (χ4v) is 2.25. The molecule has 1 saturated carbocycles. The van der Waals surface area contributed by atoms with Gasteiger partial charge in [-0.15, -0.1) is 0 Å². The second-order valence-corrected chi connectivity index (χ2v) is 4.08. The first-order chi connectivity index (χ1) is 6.79. The van der Waals surface area contributed by atoms with E-state index in [-0.39, 0.29) is 0 Å². The van der Waals surface area contributed by atoms with Gasteiger partial charge in [-0.1, -0.05) is 24.4 Å². The van der Waals surface area contributed by atoms with E-state index in [2.05, 4.69) is 14.9 Å². The van der Waals surface area contributed by atoms with Gasteiger partial charge in [0.1, 0.15) is 0 Å². The van der Waals surface area contributed by atoms with Crippen LogP contribution in [0.25, 0.3) is 0 Å². The molecule has 0 atom stereocenters. The van der Waals surface area contributed by atoms with Crippen LogP contribution in [0, 0.1) is 0 Å². The van der Waals surface area contributed by atoms with E-state index in [0.717, 1.165) is 5.82 Å². The zero-order valence-corrected chi connectivity index (χ0v) is 9.04. The van der Waals surface area contributed by atoms with Gasteiger partial charge >= 0.3 is 0 Å². The van der Waals surface area contributed by atoms with Crippen LogP contribution in [0.5, 0.6) is 0 Å². The number of rotatable bonds is 2. The molecule has 4 heteroatoms. The Kier molecular flexibility index (Phi) is 2.87. The first kappa shape index (κ1) is 9.71. The summed E-state index contributed by atoms with van der Waals surface area (Å²) in [5.74, 6) is 0.807. The van der Waals surface area contributed by atoms with E-state index in [9.17, 15) is 0 Å². The molecule has 0 aromatic carbocycles. The summed E-state index contributed by atoms with van der Waals surface area (Å²) in [5, 5.41) is 0.502. The Morgan fingerprint density at radius 1 is 1.29 bits per heavy atom. The number of hydrogen-bond donors (Lipinski definition) is 0. The third-order valence-electron chi connectivity index (χ3n) is 2.84. The Morgan fingerprint density at radius 3 is 2.57 bits per heavy atom. The normalized spacial score (nSPS) is 17.3. The zero-order chi connectivity index (χ0) is 9.97. The Bertz CT molecular complexity index is 310. The number of hydrogen-bond acceptors (Lipinski definition) is 3. The fraction of sp³-hybridized carbons (Fsp3) is 0.600. The van der Waals surface area contributed by atoms with Crippen LogP contribution in [0.2, 0.25) is 5.15 Å². The van der Waals surface area contributed by atoms with Gasteiger partial charge in [0.15, 0.2) is 11.0 Å². The molecule has 0 spiro atoms. The number of anilines is 1. The van der Waals surface area contributed by atoms with E-state index in [1.807, 2.05) is 7.05 Å². The fourth-order valence-electron chi connectivity index (χ4n) is 2.01. The van der Waals surface area contributed by atoms with Gasteiger partial charge in [0, 0.05) is 25.5 Å². The molecule has 0 aliphatic heterocycles. The summed E-state index contributed by atoms with van der Waals surface area (Å²) < 4.78 is 0. The van der Waals surface area contributed by atoms with E-state index >= 15 is 0 Å². The summed E-state index contributed by atoms with van der Waals surface area (Å²) >= 11 is 5.98. The summed E-state index contributed by atoms with van der Waals surface area (Å²) in [7, 11) is 2.05. The highest BCUT2D eigenvalue weighted by Gasteiger charge is 2.22. The first-order valence-electron chi connectivity index (χ1n) is 4.98. The number of aromatic nitrogens is 2. The van der Waals surface area contributed by atoms with E-state index in [1.165, 1.54) is 25.7 Å². The summed E-state index contributed by atoms with van der Waals surface area (Å²) in [6.45, 7) is 0. The van der Waals surface area contributed by atoms with Gasteiger partial charge in [0.25, 0.3) is 0 Å². The maximum Gasteiger partial charge on any atom is 0.171 e. The molecule has 0 N–H and O–H groups in total. The number of nitrogens with zero attached hydrogens (tertiary/aromatic N) is 3. The van der Waals surface area contributed by atoms with E-state index < -0.39 is 0 Å². The predicted octanol–water partition coefficient (Wildman–Crippen LogP) is 2.51. The lowest BCUT2D eigenvalue weighted by Gasteiger charge is -2.25. The maximum absolute atomic E-state index is 5.98. The van der Waals surface area contributed by atoms with E-state index in [0.29, 0.717) is 11.2 Å². The van der Waals surface area contributed by atoms with Gasteiger partial charge in [-0.3, -0.25) is 0 Å². The molecule has 1 aromatic rings. The largest absolute Gasteiger partial charge is 0.354 e. The molecule has 0 radical (unpaired) electrons. The van der Waals surface area contributed by atoms with Crippen LogP contribution in [-0.2, 0) is 0 Å². The Morgan fingerprint density at radius 2 is 1.93 bits per heavy atom. The van der Waals surface area contributed by atoms with Gasteiger partial charge in [-0.2, -0.15) is 0 Å². The topological polar surface area (TPSA) is 29.0 Å². The zero-order valence-electron chi connectivity index (χ0n) is 8.28. The molecule has 0 bridgehead atoms. The van der Waals surface area contributed by atoms with Crippen molar-refractivity contribution in [2.24, 2.45) is 0 Å². The van der Waals surface area contributed by atoms with Crippen LogP contribution in [0.1, 0.15) is 25.7 Å².